The van der Waals surface area contributed by atoms with Crippen molar-refractivity contribution in [3.05, 3.63) is 54.1 Å². The van der Waals surface area contributed by atoms with E-state index in [9.17, 15) is 9.18 Å². The lowest BCUT2D eigenvalue weighted by molar-refractivity contribution is -0.126. The van der Waals surface area contributed by atoms with Crippen molar-refractivity contribution in [1.82, 2.24) is 9.47 Å². The summed E-state index contributed by atoms with van der Waals surface area (Å²) in [7, 11) is 1.81. The molecule has 98 valence electrons. The number of halogens is 1. The topological polar surface area (TPSA) is 25.2 Å². The maximum absolute atomic E-state index is 13.2. The van der Waals surface area contributed by atoms with Crippen LogP contribution in [0.25, 0.3) is 5.69 Å². The molecule has 0 aliphatic carbocycles. The Morgan fingerprint density at radius 2 is 2.21 bits per heavy atom. The van der Waals surface area contributed by atoms with Gasteiger partial charge in [0.1, 0.15) is 11.2 Å². The summed E-state index contributed by atoms with van der Waals surface area (Å²) < 4.78 is 15.1. The first-order valence-electron chi connectivity index (χ1n) is 5.96. The SMILES string of the molecule is CN1C(=O)CSC1c1ccn(-c2cccc(F)c2)c1. The summed E-state index contributed by atoms with van der Waals surface area (Å²) in [6.07, 6.45) is 3.84. The second-order valence-corrected chi connectivity index (χ2v) is 5.57. The summed E-state index contributed by atoms with van der Waals surface area (Å²) in [5.74, 6) is 0.413. The van der Waals surface area contributed by atoms with Gasteiger partial charge >= 0.3 is 0 Å². The van der Waals surface area contributed by atoms with Crippen LogP contribution in [0, 0.1) is 5.82 Å². The van der Waals surface area contributed by atoms with Crippen molar-refractivity contribution in [3.8, 4) is 5.69 Å². The molecule has 1 aromatic carbocycles. The average Bonchev–Trinajstić information content (AvgIpc) is 2.98. The third-order valence-corrected chi connectivity index (χ3v) is 4.53. The smallest absolute Gasteiger partial charge is 0.233 e. The number of amides is 1. The van der Waals surface area contributed by atoms with Gasteiger partial charge in [0.15, 0.2) is 0 Å². The fourth-order valence-electron chi connectivity index (χ4n) is 2.17. The Morgan fingerprint density at radius 3 is 2.89 bits per heavy atom. The Balaban J connectivity index is 1.90. The molecular formula is C14H13FN2OS. The number of benzene rings is 1. The second kappa shape index (κ2) is 4.74. The van der Waals surface area contributed by atoms with E-state index in [1.54, 1.807) is 22.7 Å². The van der Waals surface area contributed by atoms with Gasteiger partial charge < -0.3 is 9.47 Å². The molecule has 5 heteroatoms. The van der Waals surface area contributed by atoms with Crippen LogP contribution in [-0.4, -0.2) is 28.2 Å². The standard InChI is InChI=1S/C14H13FN2OS/c1-16-13(18)9-19-14(16)10-5-6-17(8-10)12-4-2-3-11(15)7-12/h2-8,14H,9H2,1H3. The largest absolute Gasteiger partial charge is 0.329 e. The summed E-state index contributed by atoms with van der Waals surface area (Å²) in [5, 5.41) is 0.0577. The van der Waals surface area contributed by atoms with E-state index in [0.717, 1.165) is 11.3 Å². The zero-order chi connectivity index (χ0) is 13.4. The van der Waals surface area contributed by atoms with Gasteiger partial charge in [0.25, 0.3) is 0 Å². The molecule has 1 unspecified atom stereocenters. The first kappa shape index (κ1) is 12.3. The number of hydrogen-bond acceptors (Lipinski definition) is 2. The highest BCUT2D eigenvalue weighted by molar-refractivity contribution is 8.00. The summed E-state index contributed by atoms with van der Waals surface area (Å²) in [4.78, 5) is 13.3. The zero-order valence-electron chi connectivity index (χ0n) is 10.4. The van der Waals surface area contributed by atoms with Gasteiger partial charge in [0, 0.05) is 30.7 Å². The van der Waals surface area contributed by atoms with Crippen LogP contribution in [0.5, 0.6) is 0 Å². The first-order chi connectivity index (χ1) is 9.15. The molecule has 1 fully saturated rings. The Kier molecular flexibility index (Phi) is 3.06. The predicted molar refractivity (Wildman–Crippen MR) is 73.7 cm³/mol. The molecule has 19 heavy (non-hydrogen) atoms. The molecule has 2 aromatic rings. The molecule has 3 rings (SSSR count). The van der Waals surface area contributed by atoms with Crippen molar-refractivity contribution in [2.24, 2.45) is 0 Å². The molecule has 1 atom stereocenters. The molecule has 1 aromatic heterocycles. The van der Waals surface area contributed by atoms with Crippen LogP contribution in [0.15, 0.2) is 42.7 Å². The van der Waals surface area contributed by atoms with Crippen molar-refractivity contribution >= 4 is 17.7 Å². The summed E-state index contributed by atoms with van der Waals surface area (Å²) in [6, 6.07) is 8.42. The van der Waals surface area contributed by atoms with E-state index in [1.807, 2.05) is 36.1 Å². The highest BCUT2D eigenvalue weighted by Gasteiger charge is 2.30. The van der Waals surface area contributed by atoms with E-state index < -0.39 is 0 Å². The molecular weight excluding hydrogens is 263 g/mol. The summed E-state index contributed by atoms with van der Waals surface area (Å²) in [5.41, 5.74) is 1.84. The van der Waals surface area contributed by atoms with E-state index in [1.165, 1.54) is 12.1 Å². The van der Waals surface area contributed by atoms with Gasteiger partial charge in [-0.3, -0.25) is 4.79 Å². The fraction of sp³-hybridized carbons (Fsp3) is 0.214. The quantitative estimate of drug-likeness (QED) is 0.842. The number of rotatable bonds is 2. The molecule has 1 aliphatic rings. The van der Waals surface area contributed by atoms with E-state index in [2.05, 4.69) is 0 Å². The number of nitrogens with zero attached hydrogens (tertiary/aromatic N) is 2. The van der Waals surface area contributed by atoms with Crippen LogP contribution in [0.3, 0.4) is 0 Å². The van der Waals surface area contributed by atoms with Gasteiger partial charge in [-0.05, 0) is 24.3 Å². The van der Waals surface area contributed by atoms with Crippen LogP contribution in [0.2, 0.25) is 0 Å². The maximum atomic E-state index is 13.2. The minimum atomic E-state index is -0.254. The minimum Gasteiger partial charge on any atom is -0.329 e. The van der Waals surface area contributed by atoms with Crippen molar-refractivity contribution in [1.29, 1.82) is 0 Å². The monoisotopic (exact) mass is 276 g/mol. The van der Waals surface area contributed by atoms with Crippen LogP contribution in [-0.2, 0) is 4.79 Å². The van der Waals surface area contributed by atoms with Gasteiger partial charge in [0.05, 0.1) is 5.75 Å². The van der Waals surface area contributed by atoms with Crippen LogP contribution in [0.4, 0.5) is 4.39 Å². The average molecular weight is 276 g/mol. The van der Waals surface area contributed by atoms with Gasteiger partial charge in [-0.1, -0.05) is 6.07 Å². The number of hydrogen-bond donors (Lipinski definition) is 0. The van der Waals surface area contributed by atoms with E-state index in [0.29, 0.717) is 5.75 Å². The number of aromatic nitrogens is 1. The fourth-order valence-corrected chi connectivity index (χ4v) is 3.35. The molecule has 2 heterocycles. The Hall–Kier alpha value is -1.75. The van der Waals surface area contributed by atoms with E-state index in [-0.39, 0.29) is 17.1 Å². The molecule has 1 saturated heterocycles. The third-order valence-electron chi connectivity index (χ3n) is 3.22. The maximum Gasteiger partial charge on any atom is 0.233 e. The van der Waals surface area contributed by atoms with Gasteiger partial charge in [-0.25, -0.2) is 4.39 Å². The molecule has 0 N–H and O–H groups in total. The van der Waals surface area contributed by atoms with Gasteiger partial charge in [-0.2, -0.15) is 0 Å². The lowest BCUT2D eigenvalue weighted by Gasteiger charge is -2.17. The lowest BCUT2D eigenvalue weighted by atomic mass is 10.3. The molecule has 0 radical (unpaired) electrons. The van der Waals surface area contributed by atoms with Crippen LogP contribution < -0.4 is 0 Å². The van der Waals surface area contributed by atoms with E-state index >= 15 is 0 Å². The van der Waals surface area contributed by atoms with Crippen molar-refractivity contribution in [2.75, 3.05) is 12.8 Å². The molecule has 0 spiro atoms. The minimum absolute atomic E-state index is 0.0577. The lowest BCUT2D eigenvalue weighted by Crippen LogP contribution is -2.22. The van der Waals surface area contributed by atoms with Gasteiger partial charge in [-0.15, -0.1) is 11.8 Å². The van der Waals surface area contributed by atoms with Crippen LogP contribution in [0.1, 0.15) is 10.9 Å². The second-order valence-electron chi connectivity index (χ2n) is 4.50. The van der Waals surface area contributed by atoms with E-state index in [4.69, 9.17) is 0 Å². The van der Waals surface area contributed by atoms with Crippen molar-refractivity contribution < 1.29 is 9.18 Å². The zero-order valence-corrected chi connectivity index (χ0v) is 11.2. The third kappa shape index (κ3) is 2.26. The summed E-state index contributed by atoms with van der Waals surface area (Å²) in [6.45, 7) is 0. The number of carbonyl (C=O) groups is 1. The Labute approximate surface area is 115 Å². The Bertz CT molecular complexity index is 625. The number of thioether (sulfide) groups is 1. The number of carbonyl (C=O) groups excluding carboxylic acids is 1. The molecule has 3 nitrogen and oxygen atoms in total. The molecule has 0 bridgehead atoms. The van der Waals surface area contributed by atoms with Crippen LogP contribution >= 0.6 is 11.8 Å². The highest BCUT2D eigenvalue weighted by atomic mass is 32.2. The van der Waals surface area contributed by atoms with Crippen molar-refractivity contribution in [2.45, 2.75) is 5.37 Å². The molecule has 1 aliphatic heterocycles. The predicted octanol–water partition coefficient (Wildman–Crippen LogP) is 2.82. The van der Waals surface area contributed by atoms with Gasteiger partial charge in [0.2, 0.25) is 5.91 Å². The first-order valence-corrected chi connectivity index (χ1v) is 7.01. The Morgan fingerprint density at radius 1 is 1.37 bits per heavy atom. The normalized spacial score (nSPS) is 19.2. The highest BCUT2D eigenvalue weighted by Crippen LogP contribution is 2.37. The summed E-state index contributed by atoms with van der Waals surface area (Å²) >= 11 is 1.61. The molecule has 0 saturated carbocycles. The van der Waals surface area contributed by atoms with Crippen molar-refractivity contribution in [3.63, 3.8) is 0 Å². The molecule has 1 amide bonds.